The summed E-state index contributed by atoms with van der Waals surface area (Å²) in [6, 6.07) is 15.0. The highest BCUT2D eigenvalue weighted by molar-refractivity contribution is 8.81. The van der Waals surface area contributed by atoms with Gasteiger partial charge in [0.25, 0.3) is 5.91 Å². The molecular weight excluding hydrogens is 1760 g/mol. The predicted molar refractivity (Wildman–Crippen MR) is 438 cm³/mol. The summed E-state index contributed by atoms with van der Waals surface area (Å²) in [6.45, 7) is 7.24. The van der Waals surface area contributed by atoms with Crippen LogP contribution in [0, 0.1) is 0 Å². The SMILES string of the molecule is CC(C)(C)c1ccc(C(=O)NCCc2ccc3c(c2)C2CCC3C2)cc1.S=S=S=S=S=S=S=S=S=S=S=S=S=S=S=S=S=S=S=S=S=S=S=S=S=S=S=S=S=S=S=S=S=S=S=S=S=S=S=S=S=S=S=S=S. The van der Waals surface area contributed by atoms with Crippen molar-refractivity contribution in [3.8, 4) is 0 Å². The Kier molecular flexibility index (Phi) is 53.7. The standard InChI is InChI=1S/C24H29NO.S45/c1-24(2,3)20-9-7-17(8-10-20)23(26)25-13-12-16-4-11-21-18-5-6-19(15-18)22(21)14-16;1-3-5-7-9-11-13-15-17-19-21-23-25-27-29-31-33-35-37-39-41-43-45-44-42-40-38-36-34-32-30-28-26-24-22-20-18-16-14-12-10-8-6-4-2/h4,7-11,14,18-19H,5-6,12-13,15H2,1-3H3,(H,25,26);. The molecule has 406 valence electrons. The molecule has 1 amide bonds. The first-order chi connectivity index (χ1) is 34.8. The van der Waals surface area contributed by atoms with Crippen LogP contribution in [0.5, 0.6) is 0 Å². The van der Waals surface area contributed by atoms with Crippen LogP contribution in [0.1, 0.15) is 84.5 Å². The number of hydrogen-bond acceptors (Lipinski definition) is 3. The summed E-state index contributed by atoms with van der Waals surface area (Å²) in [5, 5.41) is 3.07. The molecule has 0 spiro atoms. The van der Waals surface area contributed by atoms with E-state index in [0.717, 1.165) is 23.8 Å². The molecule has 71 heavy (non-hydrogen) atoms. The summed E-state index contributed by atoms with van der Waals surface area (Å²) in [6.07, 6.45) is 5.00. The Morgan fingerprint density at radius 1 is 0.437 bits per heavy atom. The number of carbonyl (C=O) groups is 1. The average Bonchev–Trinajstić information content (AvgIpc) is 4.00. The highest BCUT2D eigenvalue weighted by atomic mass is 33.5. The molecule has 1 saturated carbocycles. The molecule has 2 aliphatic carbocycles. The van der Waals surface area contributed by atoms with Gasteiger partial charge in [0.1, 0.15) is 0 Å². The van der Waals surface area contributed by atoms with Gasteiger partial charge in [0.2, 0.25) is 0 Å². The van der Waals surface area contributed by atoms with E-state index in [0.29, 0.717) is 6.54 Å². The zero-order valence-electron chi connectivity index (χ0n) is 34.5. The topological polar surface area (TPSA) is 29.1 Å². The molecule has 0 heterocycles. The molecule has 0 aliphatic heterocycles. The third-order valence-electron chi connectivity index (χ3n) is 7.34. The first-order valence-corrected chi connectivity index (χ1v) is 75.9. The lowest BCUT2D eigenvalue weighted by Crippen LogP contribution is -2.25. The van der Waals surface area contributed by atoms with Crippen molar-refractivity contribution in [3.05, 3.63) is 70.3 Å². The zero-order valence-corrected chi connectivity index (χ0v) is 71.3. The Morgan fingerprint density at radius 3 is 1.03 bits per heavy atom. The fraction of sp³-hybridized carbons (Fsp3) is 0.458. The molecule has 2 nitrogen and oxygen atoms in total. The smallest absolute Gasteiger partial charge is 0.251 e. The van der Waals surface area contributed by atoms with Crippen molar-refractivity contribution in [2.45, 2.75) is 63.7 Å². The van der Waals surface area contributed by atoms with Gasteiger partial charge in [-0.15, -0.1) is 0 Å². The summed E-state index contributed by atoms with van der Waals surface area (Å²) in [7, 11) is 76.6. The van der Waals surface area contributed by atoms with E-state index in [1.807, 2.05) is 270 Å². The van der Waals surface area contributed by atoms with Crippen molar-refractivity contribution < 1.29 is 4.79 Å². The van der Waals surface area contributed by atoms with Gasteiger partial charge in [-0.25, -0.2) is 0 Å². The molecule has 2 atom stereocenters. The fourth-order valence-electron chi connectivity index (χ4n) is 5.06. The number of carbonyl (C=O) groups excluding carboxylic acids is 1. The van der Waals surface area contributed by atoms with Crippen molar-refractivity contribution in [2.24, 2.45) is 0 Å². The van der Waals surface area contributed by atoms with Crippen LogP contribution in [0.2, 0.25) is 0 Å². The molecule has 0 saturated heterocycles. The van der Waals surface area contributed by atoms with Crippen LogP contribution >= 0.6 is 0 Å². The van der Waals surface area contributed by atoms with Crippen LogP contribution in [-0.2, 0) is 416 Å². The summed E-state index contributed by atoms with van der Waals surface area (Å²) in [5.41, 5.74) is 6.63. The molecule has 0 aromatic heterocycles. The van der Waals surface area contributed by atoms with Crippen molar-refractivity contribution in [3.63, 3.8) is 0 Å². The van der Waals surface area contributed by atoms with E-state index in [-0.39, 0.29) is 11.3 Å². The van der Waals surface area contributed by atoms with Gasteiger partial charge < -0.3 is 5.32 Å². The average molecular weight is 1790 g/mol. The molecule has 2 unspecified atom stereocenters. The van der Waals surface area contributed by atoms with E-state index in [9.17, 15) is 4.79 Å². The maximum absolute atomic E-state index is 12.4. The lowest BCUT2D eigenvalue weighted by atomic mass is 9.87. The largest absolute Gasteiger partial charge is 0.352 e. The monoisotopic (exact) mass is 1790 g/mol. The van der Waals surface area contributed by atoms with E-state index in [4.69, 9.17) is 22.4 Å². The summed E-state index contributed by atoms with van der Waals surface area (Å²) in [4.78, 5) is 12.4. The summed E-state index contributed by atoms with van der Waals surface area (Å²) >= 11 is 9.62. The number of fused-ring (bicyclic) bond motifs is 5. The van der Waals surface area contributed by atoms with Crippen LogP contribution in [0.15, 0.2) is 42.5 Å². The molecule has 2 aromatic rings. The molecule has 2 aromatic carbocycles. The van der Waals surface area contributed by atoms with Gasteiger partial charge >= 0.3 is 0 Å². The quantitative estimate of drug-likeness (QED) is 0.457. The Hall–Kier alpha value is 7.81. The molecule has 0 radical (unpaired) electrons. The van der Waals surface area contributed by atoms with E-state index >= 15 is 0 Å². The van der Waals surface area contributed by atoms with Gasteiger partial charge in [-0.05, 0) is 77.3 Å². The minimum atomic E-state index is 0.0191. The highest BCUT2D eigenvalue weighted by Crippen LogP contribution is 2.53. The van der Waals surface area contributed by atoms with Crippen LogP contribution < -0.4 is 5.32 Å². The zero-order chi connectivity index (χ0) is 50.7. The van der Waals surface area contributed by atoms with E-state index in [2.05, 4.69) is 56.4 Å². The molecule has 2 bridgehead atoms. The third-order valence-corrected chi connectivity index (χ3v) is 101. The van der Waals surface area contributed by atoms with Crippen LogP contribution in [0.3, 0.4) is 0 Å². The van der Waals surface area contributed by atoms with Crippen LogP contribution in [0.4, 0.5) is 0 Å². The second-order valence-electron chi connectivity index (χ2n) is 11.9. The minimum absolute atomic E-state index is 0.0191. The number of hydrogen-bond donors (Lipinski definition) is 1. The third kappa shape index (κ3) is 39.9. The van der Waals surface area contributed by atoms with Crippen molar-refractivity contribution in [2.75, 3.05) is 6.54 Å². The number of benzene rings is 2. The molecule has 4 rings (SSSR count). The van der Waals surface area contributed by atoms with Gasteiger partial charge in [0.05, 0.1) is 0 Å². The second-order valence-corrected chi connectivity index (χ2v) is 88.0. The minimum Gasteiger partial charge on any atom is -0.352 e. The lowest BCUT2D eigenvalue weighted by molar-refractivity contribution is 0.0954. The van der Waals surface area contributed by atoms with E-state index in [1.54, 1.807) is 118 Å². The molecular formula is C24H29NOS45. The van der Waals surface area contributed by atoms with Crippen molar-refractivity contribution in [1.82, 2.24) is 5.32 Å². The molecule has 47 heteroatoms. The van der Waals surface area contributed by atoms with E-state index in [1.165, 1.54) is 48.2 Å². The van der Waals surface area contributed by atoms with Crippen molar-refractivity contribution >= 4 is 410 Å². The van der Waals surface area contributed by atoms with Crippen LogP contribution in [-0.4, -0.2) is 12.5 Å². The molecule has 2 aliphatic rings. The normalized spacial score (nSPS) is 12.5. The highest BCUT2D eigenvalue weighted by Gasteiger charge is 2.36. The summed E-state index contributed by atoms with van der Waals surface area (Å²) < 4.78 is 0. The predicted octanol–water partition coefficient (Wildman–Crippen LogP) is 5.21. The molecule has 1 N–H and O–H groups in total. The number of rotatable bonds is 4. The van der Waals surface area contributed by atoms with Gasteiger partial charge in [-0.1, -0.05) is 51.1 Å². The van der Waals surface area contributed by atoms with Gasteiger partial charge in [-0.3, -0.25) is 4.79 Å². The van der Waals surface area contributed by atoms with Gasteiger partial charge in [0.15, 0.2) is 0 Å². The Morgan fingerprint density at radius 2 is 0.732 bits per heavy atom. The Bertz CT molecular complexity index is 4140. The van der Waals surface area contributed by atoms with Gasteiger partial charge in [-0.2, -0.15) is 0 Å². The maximum atomic E-state index is 12.4. The van der Waals surface area contributed by atoms with Crippen LogP contribution in [0.25, 0.3) is 0 Å². The number of amides is 1. The fourth-order valence-corrected chi connectivity index (χ4v) is 118. The maximum Gasteiger partial charge on any atom is 0.251 e. The first-order valence-electron chi connectivity index (χ1n) is 17.3. The summed E-state index contributed by atoms with van der Waals surface area (Å²) in [5.74, 6) is 1.64. The Labute approximate surface area is 547 Å². The van der Waals surface area contributed by atoms with Crippen molar-refractivity contribution in [1.29, 1.82) is 0 Å². The first kappa shape index (κ1) is 73.1. The number of nitrogens with one attached hydrogen (secondary N) is 1. The van der Waals surface area contributed by atoms with Gasteiger partial charge in [0, 0.05) is 416 Å². The molecule has 1 fully saturated rings. The van der Waals surface area contributed by atoms with E-state index < -0.39 is 0 Å². The second kappa shape index (κ2) is 52.2. The Balaban J connectivity index is 0.000000426. The lowest BCUT2D eigenvalue weighted by Gasteiger charge is -2.19.